The fourth-order valence-electron chi connectivity index (χ4n) is 4.03. The number of benzene rings is 1. The van der Waals surface area contributed by atoms with E-state index < -0.39 is 5.82 Å². The number of amides is 3. The van der Waals surface area contributed by atoms with E-state index in [1.165, 1.54) is 12.1 Å². The van der Waals surface area contributed by atoms with Gasteiger partial charge in [0.05, 0.1) is 36.8 Å². The number of halogens is 1. The average molecular weight is 456 g/mol. The second-order valence-corrected chi connectivity index (χ2v) is 8.81. The van der Waals surface area contributed by atoms with Gasteiger partial charge in [-0.25, -0.2) is 4.39 Å². The van der Waals surface area contributed by atoms with E-state index in [2.05, 4.69) is 15.2 Å². The van der Waals surface area contributed by atoms with Crippen LogP contribution in [0.15, 0.2) is 24.4 Å². The van der Waals surface area contributed by atoms with Crippen LogP contribution in [0.4, 0.5) is 14.9 Å². The number of hydrogen-bond acceptors (Lipinski definition) is 6. The summed E-state index contributed by atoms with van der Waals surface area (Å²) < 4.78 is 20.0. The molecule has 2 fully saturated rings. The van der Waals surface area contributed by atoms with Crippen molar-refractivity contribution in [3.63, 3.8) is 0 Å². The summed E-state index contributed by atoms with van der Waals surface area (Å²) in [5, 5.41) is 2.29. The van der Waals surface area contributed by atoms with Crippen LogP contribution in [-0.4, -0.2) is 63.9 Å². The Morgan fingerprint density at radius 2 is 1.94 bits per heavy atom. The highest BCUT2D eigenvalue weighted by molar-refractivity contribution is 8.14. The number of carbonyl (C=O) groups is 3. The molecule has 1 aromatic carbocycles. The summed E-state index contributed by atoms with van der Waals surface area (Å²) in [7, 11) is 0. The first-order chi connectivity index (χ1) is 15.5. The van der Waals surface area contributed by atoms with Crippen LogP contribution in [0, 0.1) is 5.82 Å². The third kappa shape index (κ3) is 4.08. The summed E-state index contributed by atoms with van der Waals surface area (Å²) >= 11 is 0.904. The van der Waals surface area contributed by atoms with E-state index in [0.717, 1.165) is 60.8 Å². The van der Waals surface area contributed by atoms with Crippen LogP contribution in [0.1, 0.15) is 22.4 Å². The fourth-order valence-corrected chi connectivity index (χ4v) is 4.76. The van der Waals surface area contributed by atoms with Crippen LogP contribution in [0.3, 0.4) is 0 Å². The minimum Gasteiger partial charge on any atom is -0.379 e. The van der Waals surface area contributed by atoms with Gasteiger partial charge in [-0.2, -0.15) is 0 Å². The number of aromatic nitrogens is 1. The summed E-state index contributed by atoms with van der Waals surface area (Å²) in [6.07, 6.45) is 3.64. The monoisotopic (exact) mass is 456 g/mol. The van der Waals surface area contributed by atoms with E-state index >= 15 is 0 Å². The van der Waals surface area contributed by atoms with Gasteiger partial charge in [0.1, 0.15) is 5.82 Å². The third-order valence-electron chi connectivity index (χ3n) is 5.71. The molecule has 2 N–H and O–H groups in total. The second kappa shape index (κ2) is 8.53. The van der Waals surface area contributed by atoms with Gasteiger partial charge >= 0.3 is 0 Å². The van der Waals surface area contributed by atoms with Crippen LogP contribution in [0.25, 0.3) is 11.6 Å². The van der Waals surface area contributed by atoms with Gasteiger partial charge < -0.3 is 15.0 Å². The van der Waals surface area contributed by atoms with Gasteiger partial charge in [0.15, 0.2) is 0 Å². The molecular formula is C22H21FN4O4S. The van der Waals surface area contributed by atoms with Crippen molar-refractivity contribution in [2.45, 2.75) is 13.1 Å². The number of aromatic amines is 1. The number of rotatable bonds is 5. The molecule has 0 bridgehead atoms. The van der Waals surface area contributed by atoms with Gasteiger partial charge in [0.25, 0.3) is 11.1 Å². The first kappa shape index (κ1) is 20.9. The smallest absolute Gasteiger partial charge is 0.289 e. The predicted molar refractivity (Wildman–Crippen MR) is 118 cm³/mol. The van der Waals surface area contributed by atoms with E-state index in [9.17, 15) is 18.8 Å². The lowest BCUT2D eigenvalue weighted by molar-refractivity contribution is -0.125. The van der Waals surface area contributed by atoms with Gasteiger partial charge in [-0.1, -0.05) is 11.8 Å². The maximum atomic E-state index is 14.6. The zero-order valence-electron chi connectivity index (χ0n) is 17.2. The maximum absolute atomic E-state index is 14.6. The Balaban J connectivity index is 1.39. The Bertz CT molecular complexity index is 1120. The van der Waals surface area contributed by atoms with E-state index in [4.69, 9.17) is 4.74 Å². The molecule has 0 saturated carbocycles. The van der Waals surface area contributed by atoms with Crippen molar-refractivity contribution in [2.24, 2.45) is 0 Å². The molecule has 166 valence electrons. The fraction of sp³-hybridized carbons (Fsp3) is 0.318. The zero-order chi connectivity index (χ0) is 22.2. The Kier molecular flexibility index (Phi) is 5.58. The predicted octanol–water partition coefficient (Wildman–Crippen LogP) is 2.67. The van der Waals surface area contributed by atoms with E-state index in [-0.39, 0.29) is 34.9 Å². The Morgan fingerprint density at radius 3 is 2.69 bits per heavy atom. The van der Waals surface area contributed by atoms with Crippen molar-refractivity contribution >= 4 is 46.2 Å². The molecule has 4 heterocycles. The number of H-pyrrole nitrogens is 1. The number of fused-ring (bicyclic) bond motifs is 1. The summed E-state index contributed by atoms with van der Waals surface area (Å²) in [6.45, 7) is 3.85. The Labute approximate surface area is 187 Å². The Hall–Kier alpha value is -2.95. The first-order valence-corrected chi connectivity index (χ1v) is 11.3. The lowest BCUT2D eigenvalue weighted by atomic mass is 10.0. The highest BCUT2D eigenvalue weighted by atomic mass is 32.2. The van der Waals surface area contributed by atoms with Crippen LogP contribution in [0.5, 0.6) is 0 Å². The number of nitrogens with zero attached hydrogens (tertiary/aromatic N) is 2. The molecule has 0 atom stereocenters. The number of imide groups is 1. The SMILES string of the molecule is O=C1Nc2cc(F)c(CN3C(=O)CSC3=O)cc2/C1=C/c1cc(CN2CCOCC2)c[nH]1. The van der Waals surface area contributed by atoms with Crippen LogP contribution < -0.4 is 5.32 Å². The first-order valence-electron chi connectivity index (χ1n) is 10.3. The molecule has 2 saturated heterocycles. The molecule has 3 aliphatic heterocycles. The van der Waals surface area contributed by atoms with Crippen molar-refractivity contribution in [3.05, 3.63) is 52.6 Å². The van der Waals surface area contributed by atoms with Crippen molar-refractivity contribution in [2.75, 3.05) is 37.4 Å². The molecule has 0 spiro atoms. The normalized spacial score (nSPS) is 20.3. The summed E-state index contributed by atoms with van der Waals surface area (Å²) in [4.78, 5) is 42.9. The highest BCUT2D eigenvalue weighted by Gasteiger charge is 2.32. The molecular weight excluding hydrogens is 435 g/mol. The molecule has 10 heteroatoms. The second-order valence-electron chi connectivity index (χ2n) is 7.89. The molecule has 0 radical (unpaired) electrons. The number of morpholine rings is 1. The molecule has 3 aliphatic rings. The molecule has 0 aliphatic carbocycles. The van der Waals surface area contributed by atoms with Gasteiger partial charge in [0, 0.05) is 42.7 Å². The van der Waals surface area contributed by atoms with Crippen LogP contribution in [0.2, 0.25) is 0 Å². The zero-order valence-corrected chi connectivity index (χ0v) is 18.0. The van der Waals surface area contributed by atoms with E-state index in [1.54, 1.807) is 6.08 Å². The van der Waals surface area contributed by atoms with Gasteiger partial charge in [0.2, 0.25) is 5.91 Å². The molecule has 0 unspecified atom stereocenters. The van der Waals surface area contributed by atoms with Crippen molar-refractivity contribution in [1.29, 1.82) is 0 Å². The van der Waals surface area contributed by atoms with Crippen LogP contribution in [-0.2, 0) is 27.4 Å². The van der Waals surface area contributed by atoms with Crippen LogP contribution >= 0.6 is 11.8 Å². The summed E-state index contributed by atoms with van der Waals surface area (Å²) in [5.74, 6) is -1.18. The minimum atomic E-state index is -0.574. The van der Waals surface area contributed by atoms with Crippen molar-refractivity contribution in [1.82, 2.24) is 14.8 Å². The lowest BCUT2D eigenvalue weighted by Crippen LogP contribution is -2.35. The van der Waals surface area contributed by atoms with E-state index in [1.807, 2.05) is 12.3 Å². The number of hydrogen-bond donors (Lipinski definition) is 2. The van der Waals surface area contributed by atoms with Gasteiger partial charge in [-0.05, 0) is 29.8 Å². The molecule has 1 aromatic heterocycles. The number of thioether (sulfide) groups is 1. The summed E-state index contributed by atoms with van der Waals surface area (Å²) in [6, 6.07) is 4.76. The van der Waals surface area contributed by atoms with Gasteiger partial charge in [-0.15, -0.1) is 0 Å². The van der Waals surface area contributed by atoms with Crippen molar-refractivity contribution < 1.29 is 23.5 Å². The standard InChI is InChI=1S/C22H21FN4O4S/c23-18-8-19-16(6-14(18)11-27-20(28)12-32-22(27)30)17(21(29)25-19)7-15-5-13(9-24-15)10-26-1-3-31-4-2-26/h5-9,24H,1-4,10-12H2,(H,25,29)/b17-7-. The van der Waals surface area contributed by atoms with E-state index in [0.29, 0.717) is 16.8 Å². The number of nitrogens with one attached hydrogen (secondary N) is 2. The molecule has 8 nitrogen and oxygen atoms in total. The van der Waals surface area contributed by atoms with Crippen molar-refractivity contribution in [3.8, 4) is 0 Å². The minimum absolute atomic E-state index is 0.0657. The number of carbonyl (C=O) groups excluding carboxylic acids is 3. The molecule has 32 heavy (non-hydrogen) atoms. The molecule has 5 rings (SSSR count). The lowest BCUT2D eigenvalue weighted by Gasteiger charge is -2.25. The summed E-state index contributed by atoms with van der Waals surface area (Å²) in [5.41, 5.74) is 3.36. The highest BCUT2D eigenvalue weighted by Crippen LogP contribution is 2.36. The molecule has 2 aromatic rings. The van der Waals surface area contributed by atoms with Gasteiger partial charge in [-0.3, -0.25) is 24.2 Å². The third-order valence-corrected chi connectivity index (χ3v) is 6.57. The largest absolute Gasteiger partial charge is 0.379 e. The average Bonchev–Trinajstić information content (AvgIpc) is 3.43. The molecule has 3 amide bonds. The maximum Gasteiger partial charge on any atom is 0.289 e. The number of ether oxygens (including phenoxy) is 1. The Morgan fingerprint density at radius 1 is 1.12 bits per heavy atom. The number of anilines is 1. The topological polar surface area (TPSA) is 94.7 Å². The quantitative estimate of drug-likeness (QED) is 0.672.